The second-order valence-corrected chi connectivity index (χ2v) is 6.42. The van der Waals surface area contributed by atoms with Gasteiger partial charge in [-0.3, -0.25) is 4.98 Å². The lowest BCUT2D eigenvalue weighted by Crippen LogP contribution is -2.25. The zero-order valence-corrected chi connectivity index (χ0v) is 12.4. The second-order valence-electron chi connectivity index (χ2n) is 6.42. The molecule has 1 unspecified atom stereocenters. The van der Waals surface area contributed by atoms with Crippen molar-refractivity contribution < 1.29 is 5.11 Å². The van der Waals surface area contributed by atoms with Gasteiger partial charge in [-0.1, -0.05) is 26.8 Å². The first kappa shape index (κ1) is 14.6. The van der Waals surface area contributed by atoms with Crippen LogP contribution in [0, 0.1) is 5.41 Å². The summed E-state index contributed by atoms with van der Waals surface area (Å²) in [6.45, 7) is 6.85. The normalized spacial score (nSPS) is 13.4. The van der Waals surface area contributed by atoms with Crippen LogP contribution in [-0.4, -0.2) is 22.7 Å². The number of hydrogen-bond acceptors (Lipinski definition) is 4. The number of hydrogen-bond donors (Lipinski definition) is 3. The van der Waals surface area contributed by atoms with Crippen molar-refractivity contribution in [3.8, 4) is 0 Å². The van der Waals surface area contributed by atoms with Crippen LogP contribution in [0.25, 0.3) is 10.8 Å². The van der Waals surface area contributed by atoms with Crippen molar-refractivity contribution in [3.63, 3.8) is 0 Å². The van der Waals surface area contributed by atoms with E-state index in [4.69, 9.17) is 5.73 Å². The largest absolute Gasteiger partial charge is 0.397 e. The third-order valence-electron chi connectivity index (χ3n) is 3.24. The maximum atomic E-state index is 10.0. The van der Waals surface area contributed by atoms with Crippen LogP contribution in [0.3, 0.4) is 0 Å². The lowest BCUT2D eigenvalue weighted by atomic mass is 9.89. The predicted molar refractivity (Wildman–Crippen MR) is 84.7 cm³/mol. The number of rotatable bonds is 4. The Kier molecular flexibility index (Phi) is 4.14. The minimum atomic E-state index is -0.387. The van der Waals surface area contributed by atoms with E-state index in [9.17, 15) is 5.11 Å². The van der Waals surface area contributed by atoms with E-state index in [1.54, 1.807) is 12.4 Å². The molecule has 0 aliphatic carbocycles. The smallest absolute Gasteiger partial charge is 0.0717 e. The number of nitrogens with two attached hydrogens (primary N) is 1. The number of aliphatic hydroxyl groups is 1. The SMILES string of the molecule is CC(C)(C)CC(O)CNc1ccc2cnccc2c1N. The number of nitrogens with one attached hydrogen (secondary N) is 1. The van der Waals surface area contributed by atoms with Crippen molar-refractivity contribution in [2.45, 2.75) is 33.3 Å². The van der Waals surface area contributed by atoms with Gasteiger partial charge in [0.1, 0.15) is 0 Å². The monoisotopic (exact) mass is 273 g/mol. The lowest BCUT2D eigenvalue weighted by Gasteiger charge is -2.23. The number of pyridine rings is 1. The van der Waals surface area contributed by atoms with Crippen LogP contribution in [0.4, 0.5) is 11.4 Å². The van der Waals surface area contributed by atoms with Crippen LogP contribution < -0.4 is 11.1 Å². The van der Waals surface area contributed by atoms with Gasteiger partial charge in [-0.05, 0) is 24.0 Å². The van der Waals surface area contributed by atoms with E-state index in [0.717, 1.165) is 22.9 Å². The lowest BCUT2D eigenvalue weighted by molar-refractivity contribution is 0.132. The predicted octanol–water partition coefficient (Wildman–Crippen LogP) is 3.03. The molecule has 1 aromatic carbocycles. The quantitative estimate of drug-likeness (QED) is 0.749. The van der Waals surface area contributed by atoms with Crippen molar-refractivity contribution in [3.05, 3.63) is 30.6 Å². The van der Waals surface area contributed by atoms with E-state index in [1.807, 2.05) is 18.2 Å². The third kappa shape index (κ3) is 3.61. The molecule has 0 fully saturated rings. The molecule has 4 nitrogen and oxygen atoms in total. The Labute approximate surface area is 120 Å². The van der Waals surface area contributed by atoms with E-state index in [1.165, 1.54) is 0 Å². The van der Waals surface area contributed by atoms with Gasteiger partial charge in [0.2, 0.25) is 0 Å². The fraction of sp³-hybridized carbons (Fsp3) is 0.438. The first-order chi connectivity index (χ1) is 9.37. The highest BCUT2D eigenvalue weighted by atomic mass is 16.3. The Morgan fingerprint density at radius 3 is 2.75 bits per heavy atom. The van der Waals surface area contributed by atoms with E-state index < -0.39 is 0 Å². The molecule has 2 aromatic rings. The molecule has 0 amide bonds. The molecular formula is C16H23N3O. The zero-order chi connectivity index (χ0) is 14.8. The fourth-order valence-corrected chi connectivity index (χ4v) is 2.35. The van der Waals surface area contributed by atoms with Crippen LogP contribution in [0.5, 0.6) is 0 Å². The van der Waals surface area contributed by atoms with E-state index in [2.05, 4.69) is 31.1 Å². The van der Waals surface area contributed by atoms with E-state index >= 15 is 0 Å². The van der Waals surface area contributed by atoms with Crippen molar-refractivity contribution in [2.75, 3.05) is 17.6 Å². The summed E-state index contributed by atoms with van der Waals surface area (Å²) in [6, 6.07) is 5.82. The summed E-state index contributed by atoms with van der Waals surface area (Å²) in [5.74, 6) is 0. The average Bonchev–Trinajstić information content (AvgIpc) is 2.36. The van der Waals surface area contributed by atoms with Gasteiger partial charge in [0, 0.05) is 29.7 Å². The van der Waals surface area contributed by atoms with Crippen molar-refractivity contribution in [2.24, 2.45) is 5.41 Å². The molecule has 4 N–H and O–H groups in total. The Bertz CT molecular complexity index is 590. The Morgan fingerprint density at radius 2 is 2.05 bits per heavy atom. The number of aliphatic hydroxyl groups excluding tert-OH is 1. The molecule has 20 heavy (non-hydrogen) atoms. The summed E-state index contributed by atoms with van der Waals surface area (Å²) in [6.07, 6.45) is 3.89. The third-order valence-corrected chi connectivity index (χ3v) is 3.24. The number of nitrogens with zero attached hydrogens (tertiary/aromatic N) is 1. The van der Waals surface area contributed by atoms with Gasteiger partial charge < -0.3 is 16.2 Å². The molecule has 0 saturated heterocycles. The van der Waals surface area contributed by atoms with Crippen molar-refractivity contribution in [1.82, 2.24) is 4.98 Å². The van der Waals surface area contributed by atoms with Crippen LogP contribution in [0.15, 0.2) is 30.6 Å². The molecule has 1 heterocycles. The van der Waals surface area contributed by atoms with Crippen molar-refractivity contribution >= 4 is 22.1 Å². The van der Waals surface area contributed by atoms with Gasteiger partial charge in [-0.15, -0.1) is 0 Å². The highest BCUT2D eigenvalue weighted by Crippen LogP contribution is 2.28. The summed E-state index contributed by atoms with van der Waals surface area (Å²) < 4.78 is 0. The minimum absolute atomic E-state index is 0.113. The Morgan fingerprint density at radius 1 is 1.30 bits per heavy atom. The molecular weight excluding hydrogens is 250 g/mol. The topological polar surface area (TPSA) is 71.2 Å². The molecule has 108 valence electrons. The van der Waals surface area contributed by atoms with Crippen molar-refractivity contribution in [1.29, 1.82) is 0 Å². The Balaban J connectivity index is 2.09. The van der Waals surface area contributed by atoms with Gasteiger partial charge in [0.05, 0.1) is 17.5 Å². The van der Waals surface area contributed by atoms with Gasteiger partial charge in [0.25, 0.3) is 0 Å². The zero-order valence-electron chi connectivity index (χ0n) is 12.4. The van der Waals surface area contributed by atoms with Crippen LogP contribution in [0.1, 0.15) is 27.2 Å². The fourth-order valence-electron chi connectivity index (χ4n) is 2.35. The average molecular weight is 273 g/mol. The molecule has 0 radical (unpaired) electrons. The molecule has 1 atom stereocenters. The highest BCUT2D eigenvalue weighted by Gasteiger charge is 2.16. The summed E-state index contributed by atoms with van der Waals surface area (Å²) in [5, 5.41) is 15.3. The number of benzene rings is 1. The molecule has 0 saturated carbocycles. The second kappa shape index (κ2) is 5.67. The minimum Gasteiger partial charge on any atom is -0.397 e. The number of aromatic nitrogens is 1. The number of fused-ring (bicyclic) bond motifs is 1. The van der Waals surface area contributed by atoms with E-state index in [-0.39, 0.29) is 11.5 Å². The van der Waals surface area contributed by atoms with Gasteiger partial charge >= 0.3 is 0 Å². The molecule has 0 aliphatic heterocycles. The molecule has 1 aromatic heterocycles. The molecule has 0 bridgehead atoms. The molecule has 4 heteroatoms. The standard InChI is InChI=1S/C16H23N3O/c1-16(2,3)8-12(20)10-19-14-5-4-11-9-18-7-6-13(11)15(14)17/h4-7,9,12,19-20H,8,10,17H2,1-3H3. The summed E-state index contributed by atoms with van der Waals surface area (Å²) in [4.78, 5) is 4.08. The summed E-state index contributed by atoms with van der Waals surface area (Å²) >= 11 is 0. The van der Waals surface area contributed by atoms with Gasteiger partial charge in [-0.2, -0.15) is 0 Å². The number of anilines is 2. The molecule has 0 aliphatic rings. The maximum absolute atomic E-state index is 10.0. The molecule has 2 rings (SSSR count). The maximum Gasteiger partial charge on any atom is 0.0717 e. The summed E-state index contributed by atoms with van der Waals surface area (Å²) in [7, 11) is 0. The molecule has 0 spiro atoms. The number of nitrogen functional groups attached to an aromatic ring is 1. The highest BCUT2D eigenvalue weighted by molar-refractivity contribution is 5.98. The first-order valence-electron chi connectivity index (χ1n) is 6.91. The van der Waals surface area contributed by atoms with Gasteiger partial charge in [-0.25, -0.2) is 0 Å². The Hall–Kier alpha value is -1.81. The van der Waals surface area contributed by atoms with Gasteiger partial charge in [0.15, 0.2) is 0 Å². The summed E-state index contributed by atoms with van der Waals surface area (Å²) in [5.41, 5.74) is 7.83. The van der Waals surface area contributed by atoms with E-state index in [0.29, 0.717) is 12.2 Å². The van der Waals surface area contributed by atoms with Crippen LogP contribution in [0.2, 0.25) is 0 Å². The van der Waals surface area contributed by atoms with Crippen LogP contribution >= 0.6 is 0 Å². The first-order valence-corrected chi connectivity index (χ1v) is 6.91. The van der Waals surface area contributed by atoms with Crippen LogP contribution in [-0.2, 0) is 0 Å².